The van der Waals surface area contributed by atoms with Gasteiger partial charge in [0, 0.05) is 18.4 Å². The van der Waals surface area contributed by atoms with Crippen molar-refractivity contribution in [3.05, 3.63) is 24.0 Å². The van der Waals surface area contributed by atoms with Crippen LogP contribution in [0.4, 0.5) is 5.69 Å². The number of imide groups is 1. The fraction of sp³-hybridized carbons (Fsp3) is 0.417. The predicted molar refractivity (Wildman–Crippen MR) is 66.3 cm³/mol. The second kappa shape index (κ2) is 4.38. The van der Waals surface area contributed by atoms with Gasteiger partial charge < -0.3 is 5.73 Å². The smallest absolute Gasteiger partial charge is 0.246 e. The van der Waals surface area contributed by atoms with Gasteiger partial charge in [-0.3, -0.25) is 24.8 Å². The maximum absolute atomic E-state index is 11.8. The number of carbonyl (C=O) groups excluding carboxylic acids is 2. The van der Waals surface area contributed by atoms with Gasteiger partial charge in [-0.2, -0.15) is 0 Å². The number of hydrogen-bond donors (Lipinski definition) is 2. The summed E-state index contributed by atoms with van der Waals surface area (Å²) >= 11 is 0. The van der Waals surface area contributed by atoms with Gasteiger partial charge in [0.15, 0.2) is 0 Å². The molecule has 2 amide bonds. The van der Waals surface area contributed by atoms with E-state index >= 15 is 0 Å². The fourth-order valence-corrected chi connectivity index (χ4v) is 1.87. The molecule has 1 aliphatic heterocycles. The standard InChI is InChI=1S/C12H16N4O2/c1-12(2)11(18)15-10(17)7-16(12)6-9-5-8(13)3-4-14-9/h3-5H,6-7H2,1-2H3,(H2,13,14)(H,15,17,18). The van der Waals surface area contributed by atoms with Crippen molar-refractivity contribution in [1.29, 1.82) is 0 Å². The van der Waals surface area contributed by atoms with E-state index in [1.807, 2.05) is 0 Å². The molecular weight excluding hydrogens is 232 g/mol. The summed E-state index contributed by atoms with van der Waals surface area (Å²) in [6, 6.07) is 3.44. The van der Waals surface area contributed by atoms with E-state index in [0.29, 0.717) is 12.2 Å². The lowest BCUT2D eigenvalue weighted by molar-refractivity contribution is -0.145. The molecule has 2 heterocycles. The summed E-state index contributed by atoms with van der Waals surface area (Å²) in [6.07, 6.45) is 1.61. The van der Waals surface area contributed by atoms with Crippen molar-refractivity contribution < 1.29 is 9.59 Å². The summed E-state index contributed by atoms with van der Waals surface area (Å²) in [6.45, 7) is 4.15. The fourth-order valence-electron chi connectivity index (χ4n) is 1.87. The highest BCUT2D eigenvalue weighted by molar-refractivity contribution is 6.02. The number of carbonyl (C=O) groups is 2. The Kier molecular flexibility index (Phi) is 3.04. The van der Waals surface area contributed by atoms with Gasteiger partial charge in [-0.25, -0.2) is 0 Å². The molecule has 96 valence electrons. The first-order valence-corrected chi connectivity index (χ1v) is 5.69. The van der Waals surface area contributed by atoms with Crippen molar-refractivity contribution in [2.45, 2.75) is 25.9 Å². The van der Waals surface area contributed by atoms with Crippen molar-refractivity contribution in [2.75, 3.05) is 12.3 Å². The largest absolute Gasteiger partial charge is 0.399 e. The van der Waals surface area contributed by atoms with Gasteiger partial charge in [0.05, 0.1) is 17.8 Å². The van der Waals surface area contributed by atoms with Crippen molar-refractivity contribution in [2.24, 2.45) is 0 Å². The van der Waals surface area contributed by atoms with Crippen LogP contribution in [0.2, 0.25) is 0 Å². The Bertz CT molecular complexity index is 499. The molecule has 0 saturated carbocycles. The van der Waals surface area contributed by atoms with Crippen molar-refractivity contribution in [3.8, 4) is 0 Å². The third kappa shape index (κ3) is 2.33. The molecule has 0 spiro atoms. The molecule has 1 saturated heterocycles. The number of rotatable bonds is 2. The van der Waals surface area contributed by atoms with Crippen LogP contribution in [0.3, 0.4) is 0 Å². The minimum absolute atomic E-state index is 0.176. The summed E-state index contributed by atoms with van der Waals surface area (Å²) in [5.74, 6) is -0.578. The van der Waals surface area contributed by atoms with Crippen LogP contribution in [-0.4, -0.2) is 33.8 Å². The average Bonchev–Trinajstić information content (AvgIpc) is 2.26. The van der Waals surface area contributed by atoms with Crippen LogP contribution in [0.15, 0.2) is 18.3 Å². The van der Waals surface area contributed by atoms with Gasteiger partial charge in [0.1, 0.15) is 0 Å². The molecule has 0 aliphatic carbocycles. The van der Waals surface area contributed by atoms with Crippen LogP contribution in [-0.2, 0) is 16.1 Å². The molecule has 1 aromatic rings. The molecule has 0 bridgehead atoms. The van der Waals surface area contributed by atoms with E-state index < -0.39 is 5.54 Å². The van der Waals surface area contributed by atoms with Crippen molar-refractivity contribution >= 4 is 17.5 Å². The first-order chi connectivity index (χ1) is 8.39. The summed E-state index contributed by atoms with van der Waals surface area (Å²) < 4.78 is 0. The molecule has 1 fully saturated rings. The first-order valence-electron chi connectivity index (χ1n) is 5.69. The molecular formula is C12H16N4O2. The van der Waals surface area contributed by atoms with Gasteiger partial charge in [0.25, 0.3) is 0 Å². The molecule has 6 nitrogen and oxygen atoms in total. The van der Waals surface area contributed by atoms with Crippen molar-refractivity contribution in [3.63, 3.8) is 0 Å². The van der Waals surface area contributed by atoms with E-state index in [0.717, 1.165) is 5.69 Å². The molecule has 3 N–H and O–H groups in total. The van der Waals surface area contributed by atoms with E-state index in [4.69, 9.17) is 5.73 Å². The highest BCUT2D eigenvalue weighted by Crippen LogP contribution is 2.20. The lowest BCUT2D eigenvalue weighted by atomic mass is 9.98. The molecule has 6 heteroatoms. The molecule has 0 unspecified atom stereocenters. The summed E-state index contributed by atoms with van der Waals surface area (Å²) in [7, 11) is 0. The van der Waals surface area contributed by atoms with E-state index in [1.165, 1.54) is 0 Å². The SMILES string of the molecule is CC1(C)C(=O)NC(=O)CN1Cc1cc(N)ccn1. The minimum Gasteiger partial charge on any atom is -0.399 e. The molecule has 0 radical (unpaired) electrons. The van der Waals surface area contributed by atoms with Gasteiger partial charge in [-0.05, 0) is 26.0 Å². The molecule has 2 rings (SSSR count). The van der Waals surface area contributed by atoms with Crippen LogP contribution in [0.5, 0.6) is 0 Å². The second-order valence-electron chi connectivity index (χ2n) is 4.87. The summed E-state index contributed by atoms with van der Waals surface area (Å²) in [5.41, 5.74) is 6.30. The first kappa shape index (κ1) is 12.5. The Labute approximate surface area is 105 Å². The molecule has 1 aliphatic rings. The Morgan fingerprint density at radius 2 is 2.22 bits per heavy atom. The Balaban J connectivity index is 2.21. The third-order valence-corrected chi connectivity index (χ3v) is 3.13. The summed E-state index contributed by atoms with van der Waals surface area (Å²) in [4.78, 5) is 29.2. The Morgan fingerprint density at radius 3 is 2.89 bits per heavy atom. The van der Waals surface area contributed by atoms with E-state index in [1.54, 1.807) is 37.1 Å². The second-order valence-corrected chi connectivity index (χ2v) is 4.87. The number of anilines is 1. The highest BCUT2D eigenvalue weighted by Gasteiger charge is 2.40. The molecule has 1 aromatic heterocycles. The minimum atomic E-state index is -0.736. The van der Waals surface area contributed by atoms with Crippen LogP contribution >= 0.6 is 0 Å². The number of hydrogen-bond acceptors (Lipinski definition) is 5. The van der Waals surface area contributed by atoms with Crippen LogP contribution in [0.25, 0.3) is 0 Å². The molecule has 18 heavy (non-hydrogen) atoms. The number of aromatic nitrogens is 1. The number of amides is 2. The quantitative estimate of drug-likeness (QED) is 0.714. The number of nitrogens with two attached hydrogens (primary N) is 1. The Hall–Kier alpha value is -1.95. The molecule has 0 aromatic carbocycles. The van der Waals surface area contributed by atoms with E-state index in [9.17, 15) is 9.59 Å². The van der Waals surface area contributed by atoms with E-state index in [-0.39, 0.29) is 18.4 Å². The normalized spacial score (nSPS) is 19.7. The van der Waals surface area contributed by atoms with Gasteiger partial charge in [0.2, 0.25) is 11.8 Å². The zero-order valence-corrected chi connectivity index (χ0v) is 10.4. The van der Waals surface area contributed by atoms with Crippen LogP contribution in [0.1, 0.15) is 19.5 Å². The van der Waals surface area contributed by atoms with Gasteiger partial charge >= 0.3 is 0 Å². The average molecular weight is 248 g/mol. The zero-order valence-electron chi connectivity index (χ0n) is 10.4. The monoisotopic (exact) mass is 248 g/mol. The molecule has 0 atom stereocenters. The highest BCUT2D eigenvalue weighted by atomic mass is 16.2. The number of nitrogens with zero attached hydrogens (tertiary/aromatic N) is 2. The number of piperazine rings is 1. The summed E-state index contributed by atoms with van der Waals surface area (Å²) in [5, 5.41) is 2.33. The van der Waals surface area contributed by atoms with Crippen LogP contribution < -0.4 is 11.1 Å². The lowest BCUT2D eigenvalue weighted by Gasteiger charge is -2.39. The van der Waals surface area contributed by atoms with Crippen molar-refractivity contribution in [1.82, 2.24) is 15.2 Å². The number of pyridine rings is 1. The maximum atomic E-state index is 11.8. The topological polar surface area (TPSA) is 88.3 Å². The lowest BCUT2D eigenvalue weighted by Crippen LogP contribution is -2.63. The third-order valence-electron chi connectivity index (χ3n) is 3.13. The number of nitrogen functional groups attached to an aromatic ring is 1. The Morgan fingerprint density at radius 1 is 1.50 bits per heavy atom. The van der Waals surface area contributed by atoms with E-state index in [2.05, 4.69) is 10.3 Å². The number of nitrogens with one attached hydrogen (secondary N) is 1. The van der Waals surface area contributed by atoms with Crippen LogP contribution in [0, 0.1) is 0 Å². The van der Waals surface area contributed by atoms with Gasteiger partial charge in [-0.15, -0.1) is 0 Å². The zero-order chi connectivity index (χ0) is 13.3. The maximum Gasteiger partial charge on any atom is 0.246 e. The van der Waals surface area contributed by atoms with Gasteiger partial charge in [-0.1, -0.05) is 0 Å². The predicted octanol–water partition coefficient (Wildman–Crippen LogP) is -0.0992.